The van der Waals surface area contributed by atoms with E-state index in [0.29, 0.717) is 6.04 Å². The summed E-state index contributed by atoms with van der Waals surface area (Å²) in [5, 5.41) is 3.66. The second-order valence-corrected chi connectivity index (χ2v) is 4.96. The van der Waals surface area contributed by atoms with Gasteiger partial charge in [0, 0.05) is 23.9 Å². The molecule has 0 aromatic carbocycles. The lowest BCUT2D eigenvalue weighted by atomic mass is 10.1. The summed E-state index contributed by atoms with van der Waals surface area (Å²) in [5.74, 6) is 0.876. The lowest BCUT2D eigenvalue weighted by molar-refractivity contribution is 0.456. The molecule has 3 heteroatoms. The molecule has 1 aromatic heterocycles. The van der Waals surface area contributed by atoms with Gasteiger partial charge in [0.25, 0.3) is 0 Å². The first-order valence-electron chi connectivity index (χ1n) is 6.86. The molecule has 1 aliphatic rings. The summed E-state index contributed by atoms with van der Waals surface area (Å²) >= 11 is 0. The van der Waals surface area contributed by atoms with E-state index in [4.69, 9.17) is 0 Å². The molecule has 1 N–H and O–H groups in total. The highest BCUT2D eigenvalue weighted by Crippen LogP contribution is 2.33. The molecule has 3 nitrogen and oxygen atoms in total. The number of aryl methyl sites for hydroxylation is 1. The Hall–Kier alpha value is -0.960. The largest absolute Gasteiger partial charge is 0.313 e. The van der Waals surface area contributed by atoms with E-state index in [9.17, 15) is 0 Å². The molecule has 2 rings (SSSR count). The first kappa shape index (κ1) is 12.5. The summed E-state index contributed by atoms with van der Waals surface area (Å²) in [6.07, 6.45) is 7.72. The molecule has 1 aromatic rings. The van der Waals surface area contributed by atoms with Gasteiger partial charge in [-0.25, -0.2) is 9.97 Å². The van der Waals surface area contributed by atoms with Crippen LogP contribution in [0.15, 0.2) is 12.4 Å². The second kappa shape index (κ2) is 6.10. The molecule has 0 bridgehead atoms. The van der Waals surface area contributed by atoms with Gasteiger partial charge >= 0.3 is 0 Å². The number of rotatable bonds is 7. The standard InChI is InChI=1S/C14H23N3/c1-3-7-15-14(11-5-6-11)9-13-8-12(4-2)16-10-17-13/h8,10-11,14-15H,3-7,9H2,1-2H3. The van der Waals surface area contributed by atoms with Gasteiger partial charge in [-0.3, -0.25) is 0 Å². The number of nitrogens with zero attached hydrogens (tertiary/aromatic N) is 2. The average molecular weight is 233 g/mol. The Morgan fingerprint density at radius 3 is 2.71 bits per heavy atom. The zero-order valence-corrected chi connectivity index (χ0v) is 10.9. The van der Waals surface area contributed by atoms with E-state index in [1.807, 2.05) is 0 Å². The molecule has 17 heavy (non-hydrogen) atoms. The normalized spacial score (nSPS) is 17.1. The van der Waals surface area contributed by atoms with Gasteiger partial charge < -0.3 is 5.32 Å². The molecular weight excluding hydrogens is 210 g/mol. The van der Waals surface area contributed by atoms with Crippen molar-refractivity contribution in [2.45, 2.75) is 52.0 Å². The molecule has 94 valence electrons. The predicted molar refractivity (Wildman–Crippen MR) is 69.9 cm³/mol. The molecule has 0 radical (unpaired) electrons. The minimum absolute atomic E-state index is 0.620. The van der Waals surface area contributed by atoms with Crippen LogP contribution >= 0.6 is 0 Å². The fourth-order valence-electron chi connectivity index (χ4n) is 2.21. The van der Waals surface area contributed by atoms with Crippen LogP contribution in [0, 0.1) is 5.92 Å². The summed E-state index contributed by atoms with van der Waals surface area (Å²) in [5.41, 5.74) is 2.34. The number of aromatic nitrogens is 2. The summed E-state index contributed by atoms with van der Waals surface area (Å²) in [4.78, 5) is 8.65. The van der Waals surface area contributed by atoms with Crippen molar-refractivity contribution >= 4 is 0 Å². The van der Waals surface area contributed by atoms with Gasteiger partial charge in [0.2, 0.25) is 0 Å². The molecular formula is C14H23N3. The van der Waals surface area contributed by atoms with Gasteiger partial charge in [0.05, 0.1) is 0 Å². The summed E-state index contributed by atoms with van der Waals surface area (Å²) < 4.78 is 0. The molecule has 1 atom stereocenters. The minimum Gasteiger partial charge on any atom is -0.313 e. The summed E-state index contributed by atoms with van der Waals surface area (Å²) in [7, 11) is 0. The van der Waals surface area contributed by atoms with Crippen molar-refractivity contribution in [3.8, 4) is 0 Å². The molecule has 0 amide bonds. The maximum absolute atomic E-state index is 4.39. The Bertz CT molecular complexity index is 347. The molecule has 1 unspecified atom stereocenters. The van der Waals surface area contributed by atoms with E-state index in [-0.39, 0.29) is 0 Å². The van der Waals surface area contributed by atoms with Crippen molar-refractivity contribution < 1.29 is 0 Å². The Kier molecular flexibility index (Phi) is 4.49. The quantitative estimate of drug-likeness (QED) is 0.785. The van der Waals surface area contributed by atoms with Crippen molar-refractivity contribution in [1.82, 2.24) is 15.3 Å². The SMILES string of the molecule is CCCNC(Cc1cc(CC)ncn1)C1CC1. The van der Waals surface area contributed by atoms with Gasteiger partial charge in [0.1, 0.15) is 6.33 Å². The Morgan fingerprint density at radius 2 is 2.06 bits per heavy atom. The van der Waals surface area contributed by atoms with E-state index in [1.165, 1.54) is 25.0 Å². The highest BCUT2D eigenvalue weighted by molar-refractivity contribution is 5.10. The summed E-state index contributed by atoms with van der Waals surface area (Å²) in [6.45, 7) is 5.48. The fraction of sp³-hybridized carbons (Fsp3) is 0.714. The maximum atomic E-state index is 4.39. The minimum atomic E-state index is 0.620. The highest BCUT2D eigenvalue weighted by Gasteiger charge is 2.30. The second-order valence-electron chi connectivity index (χ2n) is 4.96. The number of hydrogen-bond donors (Lipinski definition) is 1. The molecule has 1 saturated carbocycles. The van der Waals surface area contributed by atoms with Crippen LogP contribution in [0.25, 0.3) is 0 Å². The lowest BCUT2D eigenvalue weighted by Gasteiger charge is -2.17. The Balaban J connectivity index is 1.95. The van der Waals surface area contributed by atoms with Crippen LogP contribution < -0.4 is 5.32 Å². The molecule has 0 spiro atoms. The van der Waals surface area contributed by atoms with E-state index in [2.05, 4.69) is 35.2 Å². The van der Waals surface area contributed by atoms with Gasteiger partial charge in [-0.15, -0.1) is 0 Å². The average Bonchev–Trinajstić information content (AvgIpc) is 3.19. The third kappa shape index (κ3) is 3.77. The smallest absolute Gasteiger partial charge is 0.115 e. The van der Waals surface area contributed by atoms with Crippen LogP contribution in [-0.4, -0.2) is 22.6 Å². The van der Waals surface area contributed by atoms with E-state index in [1.54, 1.807) is 6.33 Å². The van der Waals surface area contributed by atoms with Gasteiger partial charge in [-0.1, -0.05) is 13.8 Å². The van der Waals surface area contributed by atoms with Crippen LogP contribution in [0.5, 0.6) is 0 Å². The molecule has 1 heterocycles. The zero-order chi connectivity index (χ0) is 12.1. The lowest BCUT2D eigenvalue weighted by Crippen LogP contribution is -2.34. The topological polar surface area (TPSA) is 37.8 Å². The van der Waals surface area contributed by atoms with Crippen LogP contribution in [0.4, 0.5) is 0 Å². The Labute approximate surface area is 104 Å². The Morgan fingerprint density at radius 1 is 1.29 bits per heavy atom. The number of hydrogen-bond acceptors (Lipinski definition) is 3. The third-order valence-electron chi connectivity index (χ3n) is 3.42. The van der Waals surface area contributed by atoms with Crippen LogP contribution in [0.3, 0.4) is 0 Å². The van der Waals surface area contributed by atoms with Gasteiger partial charge in [-0.2, -0.15) is 0 Å². The van der Waals surface area contributed by atoms with Crippen molar-refractivity contribution in [2.75, 3.05) is 6.54 Å². The maximum Gasteiger partial charge on any atom is 0.115 e. The molecule has 0 saturated heterocycles. The first-order valence-corrected chi connectivity index (χ1v) is 6.86. The molecule has 0 aliphatic heterocycles. The predicted octanol–water partition coefficient (Wildman–Crippen LogP) is 2.36. The van der Waals surface area contributed by atoms with Gasteiger partial charge in [-0.05, 0) is 44.2 Å². The monoisotopic (exact) mass is 233 g/mol. The van der Waals surface area contributed by atoms with Crippen molar-refractivity contribution in [3.63, 3.8) is 0 Å². The van der Waals surface area contributed by atoms with Gasteiger partial charge in [0.15, 0.2) is 0 Å². The van der Waals surface area contributed by atoms with Crippen molar-refractivity contribution in [2.24, 2.45) is 5.92 Å². The summed E-state index contributed by atoms with van der Waals surface area (Å²) in [6, 6.07) is 2.78. The van der Waals surface area contributed by atoms with E-state index < -0.39 is 0 Å². The number of nitrogens with one attached hydrogen (secondary N) is 1. The van der Waals surface area contributed by atoms with E-state index >= 15 is 0 Å². The van der Waals surface area contributed by atoms with Crippen molar-refractivity contribution in [1.29, 1.82) is 0 Å². The molecule has 1 fully saturated rings. The van der Waals surface area contributed by atoms with Crippen molar-refractivity contribution in [3.05, 3.63) is 23.8 Å². The fourth-order valence-corrected chi connectivity index (χ4v) is 2.21. The highest BCUT2D eigenvalue weighted by atomic mass is 14.9. The van der Waals surface area contributed by atoms with Crippen LogP contribution in [0.1, 0.15) is 44.5 Å². The zero-order valence-electron chi connectivity index (χ0n) is 10.9. The van der Waals surface area contributed by atoms with E-state index in [0.717, 1.165) is 31.0 Å². The van der Waals surface area contributed by atoms with Crippen LogP contribution in [0.2, 0.25) is 0 Å². The van der Waals surface area contributed by atoms with Crippen LogP contribution in [-0.2, 0) is 12.8 Å². The third-order valence-corrected chi connectivity index (χ3v) is 3.42. The first-order chi connectivity index (χ1) is 8.33. The molecule has 1 aliphatic carbocycles.